The van der Waals surface area contributed by atoms with E-state index in [9.17, 15) is 9.90 Å². The van der Waals surface area contributed by atoms with Crippen molar-refractivity contribution in [3.05, 3.63) is 65.2 Å². The minimum absolute atomic E-state index is 0.0133. The Balaban J connectivity index is 1.95. The highest BCUT2D eigenvalue weighted by molar-refractivity contribution is 6.30. The van der Waals surface area contributed by atoms with Gasteiger partial charge >= 0.3 is 0 Å². The molecule has 1 heterocycles. The molecule has 1 aliphatic rings. The standard InChI is InChI=1S/C17H16ClNO2/c18-13-6-8-14(9-7-13)19-16(11-20)15(10-17(19)21)12-4-2-1-3-5-12/h1-9,15-16,20H,10-11H2/t15-,16-/m0/s1. The van der Waals surface area contributed by atoms with Crippen LogP contribution in [0.3, 0.4) is 0 Å². The number of nitrogens with zero attached hydrogens (tertiary/aromatic N) is 1. The molecule has 1 fully saturated rings. The molecule has 0 bridgehead atoms. The fourth-order valence-corrected chi connectivity index (χ4v) is 3.10. The van der Waals surface area contributed by atoms with Gasteiger partial charge in [0.2, 0.25) is 5.91 Å². The number of aliphatic hydroxyl groups excluding tert-OH is 1. The molecule has 1 N–H and O–H groups in total. The van der Waals surface area contributed by atoms with E-state index in [-0.39, 0.29) is 24.5 Å². The van der Waals surface area contributed by atoms with Gasteiger partial charge in [0, 0.05) is 23.0 Å². The average molecular weight is 302 g/mol. The lowest BCUT2D eigenvalue weighted by Crippen LogP contribution is -2.37. The Bertz CT molecular complexity index is 627. The zero-order valence-electron chi connectivity index (χ0n) is 11.4. The van der Waals surface area contributed by atoms with Gasteiger partial charge in [-0.2, -0.15) is 0 Å². The Hall–Kier alpha value is -1.84. The van der Waals surface area contributed by atoms with Crippen LogP contribution in [0.15, 0.2) is 54.6 Å². The van der Waals surface area contributed by atoms with Crippen LogP contribution >= 0.6 is 11.6 Å². The number of carbonyl (C=O) groups excluding carboxylic acids is 1. The van der Waals surface area contributed by atoms with Gasteiger partial charge in [-0.25, -0.2) is 0 Å². The molecule has 0 radical (unpaired) electrons. The van der Waals surface area contributed by atoms with E-state index in [2.05, 4.69) is 0 Å². The lowest BCUT2D eigenvalue weighted by atomic mass is 9.92. The van der Waals surface area contributed by atoms with Gasteiger partial charge in [0.25, 0.3) is 0 Å². The van der Waals surface area contributed by atoms with E-state index in [0.29, 0.717) is 11.4 Å². The maximum absolute atomic E-state index is 12.4. The largest absolute Gasteiger partial charge is 0.394 e. The third-order valence-corrected chi connectivity index (χ3v) is 4.23. The highest BCUT2D eigenvalue weighted by Crippen LogP contribution is 2.37. The molecular formula is C17H16ClNO2. The van der Waals surface area contributed by atoms with Gasteiger partial charge in [0.15, 0.2) is 0 Å². The van der Waals surface area contributed by atoms with E-state index in [1.165, 1.54) is 0 Å². The molecular weight excluding hydrogens is 286 g/mol. The zero-order valence-corrected chi connectivity index (χ0v) is 12.2. The molecule has 0 spiro atoms. The van der Waals surface area contributed by atoms with Gasteiger partial charge in [-0.15, -0.1) is 0 Å². The van der Waals surface area contributed by atoms with Crippen LogP contribution in [0.4, 0.5) is 5.69 Å². The van der Waals surface area contributed by atoms with Crippen LogP contribution in [0.2, 0.25) is 5.02 Å². The van der Waals surface area contributed by atoms with Crippen LogP contribution in [0.25, 0.3) is 0 Å². The molecule has 0 saturated carbocycles. The van der Waals surface area contributed by atoms with Gasteiger partial charge in [-0.1, -0.05) is 41.9 Å². The first kappa shape index (κ1) is 14.1. The molecule has 2 aromatic rings. The summed E-state index contributed by atoms with van der Waals surface area (Å²) in [6.07, 6.45) is 0.415. The van der Waals surface area contributed by atoms with Crippen LogP contribution in [-0.2, 0) is 4.79 Å². The van der Waals surface area contributed by atoms with E-state index in [1.807, 2.05) is 42.5 Å². The number of hydrogen-bond donors (Lipinski definition) is 1. The molecule has 1 aliphatic heterocycles. The minimum Gasteiger partial charge on any atom is -0.394 e. The van der Waals surface area contributed by atoms with Crippen LogP contribution in [0.1, 0.15) is 17.9 Å². The van der Waals surface area contributed by atoms with Crippen molar-refractivity contribution in [1.82, 2.24) is 0 Å². The topological polar surface area (TPSA) is 40.5 Å². The molecule has 4 heteroatoms. The maximum Gasteiger partial charge on any atom is 0.228 e. The third kappa shape index (κ3) is 2.67. The van der Waals surface area contributed by atoms with E-state index in [0.717, 1.165) is 11.3 Å². The number of aliphatic hydroxyl groups is 1. The van der Waals surface area contributed by atoms with Crippen molar-refractivity contribution in [3.8, 4) is 0 Å². The first-order chi connectivity index (χ1) is 10.2. The maximum atomic E-state index is 12.4. The van der Waals surface area contributed by atoms with E-state index in [1.54, 1.807) is 17.0 Å². The van der Waals surface area contributed by atoms with Gasteiger partial charge in [0.1, 0.15) is 0 Å². The van der Waals surface area contributed by atoms with Crippen molar-refractivity contribution in [1.29, 1.82) is 0 Å². The summed E-state index contributed by atoms with van der Waals surface area (Å²) < 4.78 is 0. The number of benzene rings is 2. The highest BCUT2D eigenvalue weighted by atomic mass is 35.5. The van der Waals surface area contributed by atoms with Gasteiger partial charge in [-0.3, -0.25) is 4.79 Å². The predicted octanol–water partition coefficient (Wildman–Crippen LogP) is 3.22. The summed E-state index contributed by atoms with van der Waals surface area (Å²) in [4.78, 5) is 14.1. The van der Waals surface area contributed by atoms with Crippen LogP contribution in [-0.4, -0.2) is 23.7 Å². The third-order valence-electron chi connectivity index (χ3n) is 3.98. The van der Waals surface area contributed by atoms with Crippen molar-refractivity contribution in [3.63, 3.8) is 0 Å². The van der Waals surface area contributed by atoms with Gasteiger partial charge < -0.3 is 10.0 Å². The molecule has 108 valence electrons. The number of halogens is 1. The number of hydrogen-bond acceptors (Lipinski definition) is 2. The van der Waals surface area contributed by atoms with Crippen molar-refractivity contribution in [2.45, 2.75) is 18.4 Å². The van der Waals surface area contributed by atoms with Crippen LogP contribution in [0, 0.1) is 0 Å². The second-order valence-electron chi connectivity index (χ2n) is 5.21. The Morgan fingerprint density at radius 3 is 2.38 bits per heavy atom. The quantitative estimate of drug-likeness (QED) is 0.945. The Labute approximate surface area is 128 Å². The van der Waals surface area contributed by atoms with Crippen molar-refractivity contribution >= 4 is 23.2 Å². The Morgan fingerprint density at radius 1 is 1.10 bits per heavy atom. The molecule has 2 atom stereocenters. The first-order valence-corrected chi connectivity index (χ1v) is 7.32. The van der Waals surface area contributed by atoms with E-state index >= 15 is 0 Å². The van der Waals surface area contributed by atoms with Crippen molar-refractivity contribution in [2.24, 2.45) is 0 Å². The normalized spacial score (nSPS) is 21.8. The molecule has 21 heavy (non-hydrogen) atoms. The molecule has 3 rings (SSSR count). The second kappa shape index (κ2) is 5.88. The number of amides is 1. The molecule has 1 saturated heterocycles. The van der Waals surface area contributed by atoms with Gasteiger partial charge in [0.05, 0.1) is 12.6 Å². The first-order valence-electron chi connectivity index (χ1n) is 6.94. The molecule has 0 aromatic heterocycles. The summed E-state index contributed by atoms with van der Waals surface area (Å²) in [6, 6.07) is 16.8. The van der Waals surface area contributed by atoms with Gasteiger partial charge in [-0.05, 0) is 29.8 Å². The number of carbonyl (C=O) groups is 1. The Kier molecular flexibility index (Phi) is 3.95. The molecule has 0 unspecified atom stereocenters. The lowest BCUT2D eigenvalue weighted by molar-refractivity contribution is -0.117. The van der Waals surface area contributed by atoms with Crippen LogP contribution in [0.5, 0.6) is 0 Å². The van der Waals surface area contributed by atoms with E-state index in [4.69, 9.17) is 11.6 Å². The minimum atomic E-state index is -0.235. The summed E-state index contributed by atoms with van der Waals surface area (Å²) in [7, 11) is 0. The monoisotopic (exact) mass is 301 g/mol. The lowest BCUT2D eigenvalue weighted by Gasteiger charge is -2.27. The van der Waals surface area contributed by atoms with E-state index < -0.39 is 0 Å². The Morgan fingerprint density at radius 2 is 1.76 bits per heavy atom. The summed E-state index contributed by atoms with van der Waals surface area (Å²) >= 11 is 5.90. The highest BCUT2D eigenvalue weighted by Gasteiger charge is 2.40. The second-order valence-corrected chi connectivity index (χ2v) is 5.65. The molecule has 1 amide bonds. The summed E-state index contributed by atoms with van der Waals surface area (Å²) in [5.74, 6) is 0.0459. The summed E-state index contributed by atoms with van der Waals surface area (Å²) in [6.45, 7) is -0.0616. The van der Waals surface area contributed by atoms with Crippen molar-refractivity contribution < 1.29 is 9.90 Å². The molecule has 0 aliphatic carbocycles. The summed E-state index contributed by atoms with van der Waals surface area (Å²) in [5, 5.41) is 10.4. The average Bonchev–Trinajstić information content (AvgIpc) is 2.85. The summed E-state index contributed by atoms with van der Waals surface area (Å²) in [5.41, 5.74) is 1.86. The molecule has 3 nitrogen and oxygen atoms in total. The smallest absolute Gasteiger partial charge is 0.228 e. The molecule has 2 aromatic carbocycles. The van der Waals surface area contributed by atoms with Crippen LogP contribution < -0.4 is 4.90 Å². The SMILES string of the molecule is O=C1C[C@@H](c2ccccc2)[C@H](CO)N1c1ccc(Cl)cc1. The fraction of sp³-hybridized carbons (Fsp3) is 0.235. The zero-order chi connectivity index (χ0) is 14.8. The number of rotatable bonds is 3. The number of anilines is 1. The fourth-order valence-electron chi connectivity index (χ4n) is 2.97. The predicted molar refractivity (Wildman–Crippen MR) is 83.6 cm³/mol. The van der Waals surface area contributed by atoms with Crippen molar-refractivity contribution in [2.75, 3.05) is 11.5 Å².